The summed E-state index contributed by atoms with van der Waals surface area (Å²) in [5.74, 6) is -2.97. The van der Waals surface area contributed by atoms with Crippen LogP contribution >= 0.6 is 7.60 Å². The number of unbranched alkanes of at least 4 members (excludes halogenated alkanes) is 13. The minimum atomic E-state index is -4.51. The summed E-state index contributed by atoms with van der Waals surface area (Å²) in [7, 11) is -4.51. The first-order valence-corrected chi connectivity index (χ1v) is 17.5. The molecule has 0 aromatic rings. The van der Waals surface area contributed by atoms with Crippen LogP contribution in [-0.4, -0.2) is 50.1 Å². The Balaban J connectivity index is 4.82. The third-order valence-electron chi connectivity index (χ3n) is 6.48. The fourth-order valence-corrected chi connectivity index (χ4v) is 7.18. The molecular formula is C27H55O7PS. The van der Waals surface area contributed by atoms with Gasteiger partial charge in [-0.15, -0.1) is 0 Å². The standard InChI is InChI=1S/C27H55O7PS/c1-5-8-10-12-13-14-15-16-18-20-23-36(32)25(21-19-17-11-9-6-2)24(4)34-27(26(28)29)35(30,31)33-22-7-3/h24-25,27H,5-23H2,1-4H3,(H,28,29)(H,30,31). The number of carbonyl (C=O) groups is 1. The van der Waals surface area contributed by atoms with Crippen LogP contribution in [0.1, 0.15) is 137 Å². The molecule has 0 saturated heterocycles. The van der Waals surface area contributed by atoms with E-state index in [4.69, 9.17) is 9.26 Å². The molecule has 0 saturated carbocycles. The zero-order valence-electron chi connectivity index (χ0n) is 23.5. The molecule has 0 spiro atoms. The van der Waals surface area contributed by atoms with Crippen molar-refractivity contribution in [3.8, 4) is 0 Å². The molecule has 0 fully saturated rings. The van der Waals surface area contributed by atoms with Crippen molar-refractivity contribution in [2.24, 2.45) is 0 Å². The predicted octanol–water partition coefficient (Wildman–Crippen LogP) is 7.81. The lowest BCUT2D eigenvalue weighted by molar-refractivity contribution is -0.148. The van der Waals surface area contributed by atoms with Crippen LogP contribution in [0.3, 0.4) is 0 Å². The van der Waals surface area contributed by atoms with Gasteiger partial charge in [0.1, 0.15) is 17.1 Å². The van der Waals surface area contributed by atoms with Crippen molar-refractivity contribution in [2.45, 2.75) is 154 Å². The molecule has 0 aromatic heterocycles. The quantitative estimate of drug-likeness (QED) is 0.0636. The van der Waals surface area contributed by atoms with E-state index in [0.29, 0.717) is 18.6 Å². The minimum Gasteiger partial charge on any atom is -0.616 e. The lowest BCUT2D eigenvalue weighted by Gasteiger charge is -2.30. The average Bonchev–Trinajstić information content (AvgIpc) is 2.84. The third-order valence-corrected chi connectivity index (χ3v) is 9.96. The van der Waals surface area contributed by atoms with Crippen molar-refractivity contribution in [1.29, 1.82) is 0 Å². The topological polar surface area (TPSA) is 116 Å². The highest BCUT2D eigenvalue weighted by molar-refractivity contribution is 7.92. The lowest BCUT2D eigenvalue weighted by Crippen LogP contribution is -2.40. The second-order valence-corrected chi connectivity index (χ2v) is 13.6. The van der Waals surface area contributed by atoms with Crippen molar-refractivity contribution >= 4 is 24.7 Å². The van der Waals surface area contributed by atoms with Crippen LogP contribution in [0.25, 0.3) is 0 Å². The first-order chi connectivity index (χ1) is 17.2. The molecule has 0 aliphatic heterocycles. The first-order valence-electron chi connectivity index (χ1n) is 14.4. The number of hydrogen-bond donors (Lipinski definition) is 2. The van der Waals surface area contributed by atoms with Crippen molar-refractivity contribution in [2.75, 3.05) is 12.4 Å². The van der Waals surface area contributed by atoms with E-state index >= 15 is 0 Å². The second kappa shape index (κ2) is 22.8. The van der Waals surface area contributed by atoms with Gasteiger partial charge in [-0.2, -0.15) is 0 Å². The zero-order valence-corrected chi connectivity index (χ0v) is 25.2. The molecule has 0 bridgehead atoms. The van der Waals surface area contributed by atoms with E-state index in [9.17, 15) is 23.9 Å². The van der Waals surface area contributed by atoms with E-state index in [1.165, 1.54) is 44.9 Å². The van der Waals surface area contributed by atoms with Crippen LogP contribution in [-0.2, 0) is 29.8 Å². The smallest absolute Gasteiger partial charge is 0.368 e. The number of carboxylic acid groups (broad SMARTS) is 1. The number of hydrogen-bond acceptors (Lipinski definition) is 5. The van der Waals surface area contributed by atoms with Gasteiger partial charge in [0.05, 0.1) is 6.61 Å². The van der Waals surface area contributed by atoms with Gasteiger partial charge in [-0.05, 0) is 50.2 Å². The molecular weight excluding hydrogens is 499 g/mol. The number of ether oxygens (including phenoxy) is 1. The Kier molecular flexibility index (Phi) is 22.8. The van der Waals surface area contributed by atoms with Gasteiger partial charge in [0.2, 0.25) is 0 Å². The molecule has 36 heavy (non-hydrogen) atoms. The van der Waals surface area contributed by atoms with Crippen LogP contribution in [0.5, 0.6) is 0 Å². The Labute approximate surface area is 224 Å². The molecule has 5 atom stereocenters. The van der Waals surface area contributed by atoms with Crippen molar-refractivity contribution in [3.63, 3.8) is 0 Å². The van der Waals surface area contributed by atoms with E-state index in [-0.39, 0.29) is 11.9 Å². The molecule has 9 heteroatoms. The highest BCUT2D eigenvalue weighted by Gasteiger charge is 2.43. The summed E-state index contributed by atoms with van der Waals surface area (Å²) in [4.78, 5) is 21.9. The van der Waals surface area contributed by atoms with Gasteiger partial charge in [-0.25, -0.2) is 4.79 Å². The maximum absolute atomic E-state index is 13.2. The van der Waals surface area contributed by atoms with E-state index in [0.717, 1.165) is 51.4 Å². The molecule has 0 aromatic carbocycles. The van der Waals surface area contributed by atoms with E-state index in [2.05, 4.69) is 13.8 Å². The number of aliphatic carboxylic acids is 1. The molecule has 0 aliphatic rings. The second-order valence-electron chi connectivity index (χ2n) is 9.94. The zero-order chi connectivity index (χ0) is 27.2. The van der Waals surface area contributed by atoms with E-state index in [1.807, 2.05) is 0 Å². The summed E-state index contributed by atoms with van der Waals surface area (Å²) in [5.41, 5.74) is 0. The summed E-state index contributed by atoms with van der Waals surface area (Å²) >= 11 is -1.20. The minimum absolute atomic E-state index is 0.0270. The fraction of sp³-hybridized carbons (Fsp3) is 0.963. The Morgan fingerprint density at radius 2 is 1.31 bits per heavy atom. The van der Waals surface area contributed by atoms with E-state index < -0.39 is 36.7 Å². The highest BCUT2D eigenvalue weighted by atomic mass is 32.2. The van der Waals surface area contributed by atoms with Crippen LogP contribution in [0, 0.1) is 0 Å². The third kappa shape index (κ3) is 17.4. The summed E-state index contributed by atoms with van der Waals surface area (Å²) in [5, 5.41) is 9.17. The Hall–Kier alpha value is -0.110. The van der Waals surface area contributed by atoms with Crippen LogP contribution in [0.4, 0.5) is 0 Å². The van der Waals surface area contributed by atoms with Gasteiger partial charge < -0.3 is 23.8 Å². The van der Waals surface area contributed by atoms with Gasteiger partial charge in [0.25, 0.3) is 5.85 Å². The van der Waals surface area contributed by atoms with Gasteiger partial charge in [-0.1, -0.05) is 97.8 Å². The average molecular weight is 555 g/mol. The number of carboxylic acids is 1. The van der Waals surface area contributed by atoms with Gasteiger partial charge in [0.15, 0.2) is 0 Å². The normalized spacial score (nSPS) is 16.8. The summed E-state index contributed by atoms with van der Waals surface area (Å²) in [6.07, 6.45) is 17.7. The summed E-state index contributed by atoms with van der Waals surface area (Å²) in [6, 6.07) is 0. The van der Waals surface area contributed by atoms with Crippen molar-refractivity contribution in [3.05, 3.63) is 0 Å². The molecule has 0 rings (SSSR count). The maximum Gasteiger partial charge on any atom is 0.368 e. The monoisotopic (exact) mass is 554 g/mol. The highest BCUT2D eigenvalue weighted by Crippen LogP contribution is 2.49. The van der Waals surface area contributed by atoms with Crippen molar-refractivity contribution < 1.29 is 33.2 Å². The lowest BCUT2D eigenvalue weighted by atomic mass is 10.1. The number of rotatable bonds is 26. The molecule has 7 nitrogen and oxygen atoms in total. The van der Waals surface area contributed by atoms with Crippen LogP contribution < -0.4 is 0 Å². The van der Waals surface area contributed by atoms with Crippen molar-refractivity contribution in [1.82, 2.24) is 0 Å². The Morgan fingerprint density at radius 3 is 1.78 bits per heavy atom. The van der Waals surface area contributed by atoms with Crippen LogP contribution in [0.2, 0.25) is 0 Å². The largest absolute Gasteiger partial charge is 0.616 e. The molecule has 5 unspecified atom stereocenters. The summed E-state index contributed by atoms with van der Waals surface area (Å²) in [6.45, 7) is 7.79. The SMILES string of the molecule is CCCCCCCCCCCC[S+]([O-])C(CCCCCCC)C(C)OC(C(=O)O)P(=O)(O)OCCC. The molecule has 0 aliphatic carbocycles. The molecule has 2 N–H and O–H groups in total. The molecule has 0 radical (unpaired) electrons. The fourth-order valence-electron chi connectivity index (χ4n) is 4.27. The maximum atomic E-state index is 13.2. The Bertz CT molecular complexity index is 578. The van der Waals surface area contributed by atoms with Crippen LogP contribution in [0.15, 0.2) is 0 Å². The van der Waals surface area contributed by atoms with Gasteiger partial charge >= 0.3 is 13.6 Å². The molecule has 0 heterocycles. The predicted molar refractivity (Wildman–Crippen MR) is 150 cm³/mol. The van der Waals surface area contributed by atoms with Gasteiger partial charge in [-0.3, -0.25) is 4.57 Å². The van der Waals surface area contributed by atoms with Gasteiger partial charge in [0, 0.05) is 0 Å². The molecule has 216 valence electrons. The summed E-state index contributed by atoms with van der Waals surface area (Å²) < 4.78 is 36.3. The Morgan fingerprint density at radius 1 is 0.833 bits per heavy atom. The van der Waals surface area contributed by atoms with E-state index in [1.54, 1.807) is 13.8 Å². The molecule has 0 amide bonds. The first kappa shape index (κ1) is 35.9.